The van der Waals surface area contributed by atoms with Crippen LogP contribution in [0.15, 0.2) is 18.3 Å². The van der Waals surface area contributed by atoms with Gasteiger partial charge in [-0.3, -0.25) is 5.10 Å². The molecule has 3 saturated carbocycles. The van der Waals surface area contributed by atoms with Crippen molar-refractivity contribution in [3.05, 3.63) is 28.9 Å². The summed E-state index contributed by atoms with van der Waals surface area (Å²) in [6.07, 6.45) is 8.89. The molecule has 2 amide bonds. The zero-order valence-corrected chi connectivity index (χ0v) is 15.9. The Morgan fingerprint density at radius 1 is 1.19 bits per heavy atom. The van der Waals surface area contributed by atoms with Crippen LogP contribution in [0.1, 0.15) is 50.5 Å². The normalized spacial score (nSPS) is 33.0. The smallest absolute Gasteiger partial charge is 0.315 e. The van der Waals surface area contributed by atoms with E-state index in [9.17, 15) is 9.90 Å². The fourth-order valence-electron chi connectivity index (χ4n) is 5.33. The molecule has 1 aromatic heterocycles. The lowest BCUT2D eigenvalue weighted by atomic mass is 9.86. The van der Waals surface area contributed by atoms with Gasteiger partial charge in [-0.15, -0.1) is 0 Å². The molecule has 144 valence electrons. The molecule has 1 heterocycles. The molecule has 6 nitrogen and oxygen atoms in total. The Bertz CT molecular complexity index is 864. The van der Waals surface area contributed by atoms with Crippen molar-refractivity contribution in [3.63, 3.8) is 0 Å². The number of amides is 2. The van der Waals surface area contributed by atoms with Gasteiger partial charge in [0.1, 0.15) is 0 Å². The number of nitrogens with zero attached hydrogens (tertiary/aromatic N) is 1. The van der Waals surface area contributed by atoms with Gasteiger partial charge in [0.05, 0.1) is 17.3 Å². The molecule has 3 fully saturated rings. The number of nitrogens with one attached hydrogen (secondary N) is 3. The molecular formula is C20H25ClN4O2. The molecule has 0 aliphatic heterocycles. The average molecular weight is 389 g/mol. The van der Waals surface area contributed by atoms with Crippen LogP contribution < -0.4 is 10.6 Å². The van der Waals surface area contributed by atoms with Crippen LogP contribution >= 0.6 is 11.6 Å². The van der Waals surface area contributed by atoms with E-state index >= 15 is 0 Å². The average Bonchev–Trinajstić information content (AvgIpc) is 3.02. The quantitative estimate of drug-likeness (QED) is 0.649. The van der Waals surface area contributed by atoms with E-state index in [-0.39, 0.29) is 12.1 Å². The second kappa shape index (κ2) is 6.38. The Kier molecular flexibility index (Phi) is 4.09. The highest BCUT2D eigenvalue weighted by molar-refractivity contribution is 6.31. The standard InChI is InChI=1S/C20H25ClN4O2/c21-11-6-16(15-10-22-25-17(15)7-11)20(27)8-13-14(9-20)18(13)24-19(26)23-12-4-2-1-3-5-12/h6-7,10,12-14,18,27H,1-5,8-9H2,(H,22,25)(H2,23,24,26)/t13-,14+,18+,20+. The van der Waals surface area contributed by atoms with Crippen LogP contribution in [0, 0.1) is 11.8 Å². The molecule has 3 aliphatic rings. The Hall–Kier alpha value is -1.79. The maximum atomic E-state index is 12.3. The van der Waals surface area contributed by atoms with Crippen LogP contribution in [0.25, 0.3) is 10.9 Å². The predicted molar refractivity (Wildman–Crippen MR) is 104 cm³/mol. The lowest BCUT2D eigenvalue weighted by Gasteiger charge is -2.28. The molecular weight excluding hydrogens is 364 g/mol. The minimum Gasteiger partial charge on any atom is -0.385 e. The van der Waals surface area contributed by atoms with E-state index < -0.39 is 5.60 Å². The number of aliphatic hydroxyl groups is 1. The number of carbonyl (C=O) groups excluding carboxylic acids is 1. The molecule has 0 bridgehead atoms. The zero-order chi connectivity index (χ0) is 18.6. The molecule has 5 rings (SSSR count). The monoisotopic (exact) mass is 388 g/mol. The molecule has 4 N–H and O–H groups in total. The van der Waals surface area contributed by atoms with Gasteiger partial charge in [-0.25, -0.2) is 4.79 Å². The molecule has 1 aromatic carbocycles. The van der Waals surface area contributed by atoms with Crippen molar-refractivity contribution in [1.82, 2.24) is 20.8 Å². The first-order chi connectivity index (χ1) is 13.0. The highest BCUT2D eigenvalue weighted by atomic mass is 35.5. The number of H-pyrrole nitrogens is 1. The topological polar surface area (TPSA) is 90.0 Å². The number of rotatable bonds is 3. The summed E-state index contributed by atoms with van der Waals surface area (Å²) < 4.78 is 0. The van der Waals surface area contributed by atoms with Crippen molar-refractivity contribution < 1.29 is 9.90 Å². The van der Waals surface area contributed by atoms with Gasteiger partial charge in [0, 0.05) is 22.5 Å². The number of aromatic amines is 1. The van der Waals surface area contributed by atoms with Gasteiger partial charge in [0.25, 0.3) is 0 Å². The van der Waals surface area contributed by atoms with Crippen LogP contribution in [0.5, 0.6) is 0 Å². The minimum atomic E-state index is -0.902. The second-order valence-corrected chi connectivity index (χ2v) is 8.97. The first-order valence-electron chi connectivity index (χ1n) is 9.96. The van der Waals surface area contributed by atoms with E-state index in [2.05, 4.69) is 20.8 Å². The first kappa shape index (κ1) is 17.3. The molecule has 0 saturated heterocycles. The fraction of sp³-hybridized carbons (Fsp3) is 0.600. The number of hydrogen-bond acceptors (Lipinski definition) is 3. The summed E-state index contributed by atoms with van der Waals surface area (Å²) in [7, 11) is 0. The summed E-state index contributed by atoms with van der Waals surface area (Å²) >= 11 is 6.23. The van der Waals surface area contributed by atoms with Gasteiger partial charge in [-0.2, -0.15) is 5.10 Å². The third-order valence-electron chi connectivity index (χ3n) is 6.74. The van der Waals surface area contributed by atoms with Crippen LogP contribution in [0.2, 0.25) is 5.02 Å². The summed E-state index contributed by atoms with van der Waals surface area (Å²) in [6.45, 7) is 0. The van der Waals surface area contributed by atoms with Crippen molar-refractivity contribution in [3.8, 4) is 0 Å². The van der Waals surface area contributed by atoms with E-state index in [1.165, 1.54) is 19.3 Å². The second-order valence-electron chi connectivity index (χ2n) is 8.53. The highest BCUT2D eigenvalue weighted by Gasteiger charge is 2.62. The van der Waals surface area contributed by atoms with Gasteiger partial charge < -0.3 is 15.7 Å². The van der Waals surface area contributed by atoms with Gasteiger partial charge in [-0.05, 0) is 55.2 Å². The van der Waals surface area contributed by atoms with Crippen molar-refractivity contribution in [1.29, 1.82) is 0 Å². The fourth-order valence-corrected chi connectivity index (χ4v) is 5.54. The largest absolute Gasteiger partial charge is 0.385 e. The van der Waals surface area contributed by atoms with E-state index in [0.29, 0.717) is 35.7 Å². The summed E-state index contributed by atoms with van der Waals surface area (Å²) in [6, 6.07) is 4.11. The summed E-state index contributed by atoms with van der Waals surface area (Å²) in [5.41, 5.74) is 0.782. The maximum Gasteiger partial charge on any atom is 0.315 e. The van der Waals surface area contributed by atoms with Crippen molar-refractivity contribution >= 4 is 28.5 Å². The number of halogens is 1. The van der Waals surface area contributed by atoms with Gasteiger partial charge >= 0.3 is 6.03 Å². The maximum absolute atomic E-state index is 12.3. The third kappa shape index (κ3) is 3.09. The molecule has 2 aromatic rings. The molecule has 27 heavy (non-hydrogen) atoms. The van der Waals surface area contributed by atoms with E-state index in [4.69, 9.17) is 11.6 Å². The lowest BCUT2D eigenvalue weighted by Crippen LogP contribution is -2.45. The van der Waals surface area contributed by atoms with Crippen molar-refractivity contribution in [2.75, 3.05) is 0 Å². The van der Waals surface area contributed by atoms with Crippen LogP contribution in [-0.2, 0) is 5.60 Å². The van der Waals surface area contributed by atoms with Gasteiger partial charge in [0.15, 0.2) is 0 Å². The number of hydrogen-bond donors (Lipinski definition) is 4. The van der Waals surface area contributed by atoms with Crippen LogP contribution in [0.4, 0.5) is 4.79 Å². The molecule has 0 spiro atoms. The van der Waals surface area contributed by atoms with E-state index in [0.717, 1.165) is 29.3 Å². The highest BCUT2D eigenvalue weighted by Crippen LogP contribution is 2.60. The number of urea groups is 1. The summed E-state index contributed by atoms with van der Waals surface area (Å²) in [5, 5.41) is 26.1. The Morgan fingerprint density at radius 2 is 1.93 bits per heavy atom. The van der Waals surface area contributed by atoms with E-state index in [1.54, 1.807) is 6.20 Å². The van der Waals surface area contributed by atoms with Gasteiger partial charge in [-0.1, -0.05) is 30.9 Å². The Balaban J connectivity index is 1.23. The molecule has 7 heteroatoms. The molecule has 4 atom stereocenters. The molecule has 0 radical (unpaired) electrons. The van der Waals surface area contributed by atoms with Crippen LogP contribution in [-0.4, -0.2) is 33.4 Å². The van der Waals surface area contributed by atoms with Gasteiger partial charge in [0.2, 0.25) is 0 Å². The third-order valence-corrected chi connectivity index (χ3v) is 6.96. The number of fused-ring (bicyclic) bond motifs is 2. The molecule has 0 unspecified atom stereocenters. The van der Waals surface area contributed by atoms with Crippen molar-refractivity contribution in [2.45, 2.75) is 62.6 Å². The Morgan fingerprint density at radius 3 is 2.67 bits per heavy atom. The molecule has 3 aliphatic carbocycles. The summed E-state index contributed by atoms with van der Waals surface area (Å²) in [4.78, 5) is 12.3. The number of carbonyl (C=O) groups is 1. The SMILES string of the molecule is O=C(NC1CCCCC1)N[C@H]1[C@@H]2C[C@@](O)(c3cc(Cl)cc4[nH]ncc34)C[C@@H]21. The van der Waals surface area contributed by atoms with E-state index in [1.807, 2.05) is 12.1 Å². The number of benzene rings is 1. The minimum absolute atomic E-state index is 0.0511. The zero-order valence-electron chi connectivity index (χ0n) is 15.2. The lowest BCUT2D eigenvalue weighted by molar-refractivity contribution is 0.0299. The van der Waals surface area contributed by atoms with Crippen molar-refractivity contribution in [2.24, 2.45) is 11.8 Å². The predicted octanol–water partition coefficient (Wildman–Crippen LogP) is 3.44. The summed E-state index contributed by atoms with van der Waals surface area (Å²) in [5.74, 6) is 0.654. The first-order valence-corrected chi connectivity index (χ1v) is 10.3. The Labute approximate surface area is 163 Å². The van der Waals surface area contributed by atoms with Crippen LogP contribution in [0.3, 0.4) is 0 Å². The number of aromatic nitrogens is 2.